The van der Waals surface area contributed by atoms with E-state index < -0.39 is 0 Å². The second-order valence-electron chi connectivity index (χ2n) is 4.23. The first kappa shape index (κ1) is 11.9. The summed E-state index contributed by atoms with van der Waals surface area (Å²) in [6.07, 6.45) is 3.65. The van der Waals surface area contributed by atoms with E-state index in [1.165, 1.54) is 12.8 Å². The maximum atomic E-state index is 5.40. The molecule has 0 aromatic rings. The Morgan fingerprint density at radius 1 is 1.33 bits per heavy atom. The average molecular weight is 172 g/mol. The van der Waals surface area contributed by atoms with Crippen LogP contribution in [-0.2, 0) is 0 Å². The predicted octanol–water partition coefficient (Wildman–Crippen LogP) is 1.75. The zero-order chi connectivity index (χ0) is 9.45. The first-order valence-corrected chi connectivity index (χ1v) is 5.03. The average Bonchev–Trinajstić information content (AvgIpc) is 1.98. The van der Waals surface area contributed by atoms with Crippen LogP contribution in [0.15, 0.2) is 0 Å². The minimum atomic E-state index is 0.448. The van der Waals surface area contributed by atoms with E-state index in [1.807, 2.05) is 0 Å². The van der Waals surface area contributed by atoms with Gasteiger partial charge >= 0.3 is 0 Å². The summed E-state index contributed by atoms with van der Waals surface area (Å²) in [7, 11) is 0. The molecule has 0 radical (unpaired) electrons. The van der Waals surface area contributed by atoms with Gasteiger partial charge in [-0.2, -0.15) is 0 Å². The molecule has 0 aliphatic rings. The fourth-order valence-electron chi connectivity index (χ4n) is 1.42. The van der Waals surface area contributed by atoms with Crippen molar-refractivity contribution >= 4 is 0 Å². The van der Waals surface area contributed by atoms with Crippen LogP contribution in [0.3, 0.4) is 0 Å². The molecule has 0 spiro atoms. The van der Waals surface area contributed by atoms with E-state index in [0.717, 1.165) is 26.1 Å². The normalized spacial score (nSPS) is 12.0. The summed E-state index contributed by atoms with van der Waals surface area (Å²) in [5.74, 6) is 0. The van der Waals surface area contributed by atoms with E-state index in [9.17, 15) is 0 Å². The van der Waals surface area contributed by atoms with E-state index in [0.29, 0.717) is 5.41 Å². The predicted molar refractivity (Wildman–Crippen MR) is 55.2 cm³/mol. The molecule has 12 heavy (non-hydrogen) atoms. The third-order valence-corrected chi connectivity index (χ3v) is 2.09. The highest BCUT2D eigenvalue weighted by Gasteiger charge is 2.14. The molecular weight excluding hydrogens is 148 g/mol. The molecule has 0 heterocycles. The molecule has 74 valence electrons. The van der Waals surface area contributed by atoms with Crippen molar-refractivity contribution in [3.05, 3.63) is 0 Å². The van der Waals surface area contributed by atoms with Crippen LogP contribution in [0, 0.1) is 5.41 Å². The molecule has 0 unspecified atom stereocenters. The van der Waals surface area contributed by atoms with E-state index >= 15 is 0 Å². The summed E-state index contributed by atoms with van der Waals surface area (Å²) in [4.78, 5) is 0. The largest absolute Gasteiger partial charge is 0.330 e. The number of rotatable bonds is 7. The van der Waals surface area contributed by atoms with Crippen molar-refractivity contribution in [3.63, 3.8) is 0 Å². The Morgan fingerprint density at radius 3 is 2.50 bits per heavy atom. The van der Waals surface area contributed by atoms with Crippen LogP contribution < -0.4 is 11.1 Å². The summed E-state index contributed by atoms with van der Waals surface area (Å²) >= 11 is 0. The molecule has 0 saturated carbocycles. The Hall–Kier alpha value is -0.0800. The Morgan fingerprint density at radius 2 is 2.00 bits per heavy atom. The monoisotopic (exact) mass is 172 g/mol. The molecule has 0 fully saturated rings. The lowest BCUT2D eigenvalue weighted by Crippen LogP contribution is -2.30. The van der Waals surface area contributed by atoms with Gasteiger partial charge in [0.05, 0.1) is 0 Å². The van der Waals surface area contributed by atoms with Crippen molar-refractivity contribution in [1.82, 2.24) is 5.32 Å². The minimum Gasteiger partial charge on any atom is -0.330 e. The Balaban J connectivity index is 3.33. The highest BCUT2D eigenvalue weighted by molar-refractivity contribution is 4.70. The van der Waals surface area contributed by atoms with Gasteiger partial charge in [0, 0.05) is 6.54 Å². The molecule has 0 saturated heterocycles. The maximum Gasteiger partial charge on any atom is 0.000252 e. The van der Waals surface area contributed by atoms with Crippen LogP contribution in [0.4, 0.5) is 0 Å². The van der Waals surface area contributed by atoms with Crippen molar-refractivity contribution in [2.75, 3.05) is 19.6 Å². The molecule has 0 aliphatic heterocycles. The van der Waals surface area contributed by atoms with Crippen LogP contribution in [-0.4, -0.2) is 19.6 Å². The molecule has 0 aliphatic carbocycles. The number of nitrogens with two attached hydrogens (primary N) is 1. The summed E-state index contributed by atoms with van der Waals surface area (Å²) in [5.41, 5.74) is 5.84. The quantitative estimate of drug-likeness (QED) is 0.574. The third kappa shape index (κ3) is 6.62. The van der Waals surface area contributed by atoms with Crippen LogP contribution >= 0.6 is 0 Å². The molecule has 2 heteroatoms. The van der Waals surface area contributed by atoms with Crippen LogP contribution in [0.25, 0.3) is 0 Å². The molecule has 0 amide bonds. The lowest BCUT2D eigenvalue weighted by molar-refractivity contribution is 0.311. The van der Waals surface area contributed by atoms with Crippen molar-refractivity contribution in [2.45, 2.75) is 40.0 Å². The lowest BCUT2D eigenvalue weighted by atomic mass is 9.88. The van der Waals surface area contributed by atoms with Crippen molar-refractivity contribution in [3.8, 4) is 0 Å². The lowest BCUT2D eigenvalue weighted by Gasteiger charge is -2.24. The SMILES string of the molecule is CCCC(C)(C)CNCCCN. The maximum absolute atomic E-state index is 5.40. The van der Waals surface area contributed by atoms with Gasteiger partial charge in [-0.25, -0.2) is 0 Å². The highest BCUT2D eigenvalue weighted by atomic mass is 14.9. The van der Waals surface area contributed by atoms with Crippen LogP contribution in [0.1, 0.15) is 40.0 Å². The smallest absolute Gasteiger partial charge is 0.000252 e. The zero-order valence-corrected chi connectivity index (χ0v) is 8.82. The summed E-state index contributed by atoms with van der Waals surface area (Å²) < 4.78 is 0. The highest BCUT2D eigenvalue weighted by Crippen LogP contribution is 2.20. The Labute approximate surface area is 76.9 Å². The fourth-order valence-corrected chi connectivity index (χ4v) is 1.42. The summed E-state index contributed by atoms with van der Waals surface area (Å²) in [5, 5.41) is 3.43. The number of hydrogen-bond donors (Lipinski definition) is 2. The van der Waals surface area contributed by atoms with E-state index in [4.69, 9.17) is 5.73 Å². The number of hydrogen-bond acceptors (Lipinski definition) is 2. The zero-order valence-electron chi connectivity index (χ0n) is 8.82. The molecule has 3 N–H and O–H groups in total. The van der Waals surface area contributed by atoms with E-state index in [-0.39, 0.29) is 0 Å². The molecule has 0 bridgehead atoms. The Kier molecular flexibility index (Phi) is 6.39. The molecule has 0 aromatic heterocycles. The van der Waals surface area contributed by atoms with Gasteiger partial charge in [0.1, 0.15) is 0 Å². The van der Waals surface area contributed by atoms with Gasteiger partial charge in [0.15, 0.2) is 0 Å². The summed E-state index contributed by atoms with van der Waals surface area (Å²) in [6, 6.07) is 0. The van der Waals surface area contributed by atoms with Gasteiger partial charge in [-0.3, -0.25) is 0 Å². The second-order valence-corrected chi connectivity index (χ2v) is 4.23. The molecule has 0 aromatic carbocycles. The molecule has 0 rings (SSSR count). The molecule has 2 nitrogen and oxygen atoms in total. The molecular formula is C10H24N2. The van der Waals surface area contributed by atoms with E-state index in [2.05, 4.69) is 26.1 Å². The second kappa shape index (κ2) is 6.44. The first-order chi connectivity index (χ1) is 5.62. The van der Waals surface area contributed by atoms with Crippen molar-refractivity contribution < 1.29 is 0 Å². The van der Waals surface area contributed by atoms with Crippen LogP contribution in [0.5, 0.6) is 0 Å². The third-order valence-electron chi connectivity index (χ3n) is 2.09. The fraction of sp³-hybridized carbons (Fsp3) is 1.00. The topological polar surface area (TPSA) is 38.0 Å². The van der Waals surface area contributed by atoms with Gasteiger partial charge in [-0.1, -0.05) is 27.2 Å². The first-order valence-electron chi connectivity index (χ1n) is 5.03. The minimum absolute atomic E-state index is 0.448. The number of nitrogens with one attached hydrogen (secondary N) is 1. The molecule has 0 atom stereocenters. The van der Waals surface area contributed by atoms with Crippen molar-refractivity contribution in [1.29, 1.82) is 0 Å². The van der Waals surface area contributed by atoms with Gasteiger partial charge in [0.25, 0.3) is 0 Å². The Bertz CT molecular complexity index is 100. The van der Waals surface area contributed by atoms with Crippen molar-refractivity contribution in [2.24, 2.45) is 11.1 Å². The van der Waals surface area contributed by atoms with Crippen LogP contribution in [0.2, 0.25) is 0 Å². The van der Waals surface area contributed by atoms with Gasteiger partial charge in [-0.05, 0) is 31.3 Å². The van der Waals surface area contributed by atoms with Gasteiger partial charge in [-0.15, -0.1) is 0 Å². The van der Waals surface area contributed by atoms with E-state index in [1.54, 1.807) is 0 Å². The summed E-state index contributed by atoms with van der Waals surface area (Å²) in [6.45, 7) is 9.82. The standard InChI is InChI=1S/C10H24N2/c1-4-6-10(2,3)9-12-8-5-7-11/h12H,4-9,11H2,1-3H3. The van der Waals surface area contributed by atoms with Gasteiger partial charge < -0.3 is 11.1 Å². The van der Waals surface area contributed by atoms with Gasteiger partial charge in [0.2, 0.25) is 0 Å².